The van der Waals surface area contributed by atoms with E-state index in [4.69, 9.17) is 9.72 Å². The lowest BCUT2D eigenvalue weighted by atomic mass is 10.0. The van der Waals surface area contributed by atoms with Crippen LogP contribution in [-0.2, 0) is 17.7 Å². The summed E-state index contributed by atoms with van der Waals surface area (Å²) < 4.78 is 6.31. The summed E-state index contributed by atoms with van der Waals surface area (Å²) >= 11 is 3.14. The first kappa shape index (κ1) is 21.6. The summed E-state index contributed by atoms with van der Waals surface area (Å²) in [4.78, 5) is 33.1. The average molecular weight is 478 g/mol. The molecule has 1 aliphatic heterocycles. The van der Waals surface area contributed by atoms with Gasteiger partial charge in [0.25, 0.3) is 5.91 Å². The molecule has 1 N–H and O–H groups in total. The summed E-state index contributed by atoms with van der Waals surface area (Å²) in [5.74, 6) is -0.142. The number of aromatic nitrogens is 1. The number of carbonyl (C=O) groups is 2. The van der Waals surface area contributed by atoms with Gasteiger partial charge in [0.05, 0.1) is 23.4 Å². The molecule has 33 heavy (non-hydrogen) atoms. The zero-order valence-corrected chi connectivity index (χ0v) is 20.0. The maximum atomic E-state index is 13.2. The zero-order chi connectivity index (χ0) is 22.9. The molecule has 0 fully saturated rings. The van der Waals surface area contributed by atoms with E-state index in [-0.39, 0.29) is 12.0 Å². The molecule has 0 atom stereocenters. The number of rotatable bonds is 4. The van der Waals surface area contributed by atoms with E-state index in [0.29, 0.717) is 31.7 Å². The number of anilines is 1. The quantitative estimate of drug-likeness (QED) is 0.385. The fourth-order valence-corrected chi connectivity index (χ4v) is 6.43. The van der Waals surface area contributed by atoms with Gasteiger partial charge in [-0.15, -0.1) is 22.7 Å². The number of nitrogens with one attached hydrogen (secondary N) is 1. The summed E-state index contributed by atoms with van der Waals surface area (Å²) in [6.07, 6.45) is 0.388. The van der Waals surface area contributed by atoms with Crippen LogP contribution in [0.4, 0.5) is 9.80 Å². The minimum atomic E-state index is -0.302. The molecule has 2 amide bonds. The number of aryl methyl sites for hydroxylation is 1. The summed E-state index contributed by atoms with van der Waals surface area (Å²) in [5.41, 5.74) is 4.64. The number of thiazole rings is 1. The van der Waals surface area contributed by atoms with Gasteiger partial charge in [-0.05, 0) is 49.6 Å². The Kier molecular flexibility index (Phi) is 5.86. The SMILES string of the molecule is CCOC(=O)N1CCc2c(sc(NC(=O)c3ccccc3C)c2-c2nc3ccccc3s2)C1. The van der Waals surface area contributed by atoms with Crippen molar-refractivity contribution in [3.8, 4) is 10.6 Å². The highest BCUT2D eigenvalue weighted by Gasteiger charge is 2.30. The molecule has 168 valence electrons. The number of amides is 2. The van der Waals surface area contributed by atoms with E-state index in [1.54, 1.807) is 16.2 Å². The van der Waals surface area contributed by atoms with Gasteiger partial charge in [0, 0.05) is 22.5 Å². The Hall–Kier alpha value is -3.23. The van der Waals surface area contributed by atoms with Crippen molar-refractivity contribution < 1.29 is 14.3 Å². The van der Waals surface area contributed by atoms with Gasteiger partial charge in [0.15, 0.2) is 0 Å². The maximum Gasteiger partial charge on any atom is 0.410 e. The van der Waals surface area contributed by atoms with Crippen molar-refractivity contribution in [1.29, 1.82) is 0 Å². The topological polar surface area (TPSA) is 71.5 Å². The number of ether oxygens (including phenoxy) is 1. The Morgan fingerprint density at radius 1 is 1.12 bits per heavy atom. The summed E-state index contributed by atoms with van der Waals surface area (Å²) in [5, 5.41) is 4.81. The van der Waals surface area contributed by atoms with Crippen molar-refractivity contribution in [1.82, 2.24) is 9.88 Å². The van der Waals surface area contributed by atoms with Gasteiger partial charge in [-0.3, -0.25) is 4.79 Å². The lowest BCUT2D eigenvalue weighted by Gasteiger charge is -2.26. The number of benzene rings is 2. The molecule has 0 radical (unpaired) electrons. The highest BCUT2D eigenvalue weighted by Crippen LogP contribution is 2.46. The van der Waals surface area contributed by atoms with Crippen LogP contribution in [0.15, 0.2) is 48.5 Å². The third-order valence-corrected chi connectivity index (χ3v) is 7.89. The third-order valence-electron chi connectivity index (χ3n) is 5.71. The van der Waals surface area contributed by atoms with Gasteiger partial charge in [-0.1, -0.05) is 30.3 Å². The van der Waals surface area contributed by atoms with Crippen molar-refractivity contribution in [2.45, 2.75) is 26.8 Å². The molecule has 8 heteroatoms. The minimum Gasteiger partial charge on any atom is -0.450 e. The van der Waals surface area contributed by atoms with Crippen LogP contribution in [0, 0.1) is 6.92 Å². The van der Waals surface area contributed by atoms with E-state index in [2.05, 4.69) is 11.4 Å². The molecule has 6 nitrogen and oxygen atoms in total. The van der Waals surface area contributed by atoms with Gasteiger partial charge in [0.2, 0.25) is 0 Å². The van der Waals surface area contributed by atoms with Gasteiger partial charge in [-0.25, -0.2) is 9.78 Å². The van der Waals surface area contributed by atoms with Gasteiger partial charge in [0.1, 0.15) is 10.0 Å². The molecule has 0 unspecified atom stereocenters. The third kappa shape index (κ3) is 4.12. The number of hydrogen-bond donors (Lipinski definition) is 1. The molecular formula is C25H23N3O3S2. The second-order valence-corrected chi connectivity index (χ2v) is 9.97. The van der Waals surface area contributed by atoms with Gasteiger partial charge < -0.3 is 15.0 Å². The predicted octanol–water partition coefficient (Wildman–Crippen LogP) is 6.10. The molecule has 3 heterocycles. The summed E-state index contributed by atoms with van der Waals surface area (Å²) in [6.45, 7) is 5.13. The second kappa shape index (κ2) is 8.96. The minimum absolute atomic E-state index is 0.142. The van der Waals surface area contributed by atoms with E-state index in [0.717, 1.165) is 41.8 Å². The molecule has 0 aliphatic carbocycles. The highest BCUT2D eigenvalue weighted by atomic mass is 32.1. The number of hydrogen-bond acceptors (Lipinski definition) is 6. The molecular weight excluding hydrogens is 454 g/mol. The fraction of sp³-hybridized carbons (Fsp3) is 0.240. The standard InChI is InChI=1S/C25H23N3O3S2/c1-3-31-25(30)28-13-12-17-20(14-28)33-24(27-22(29)16-9-5-4-8-15(16)2)21(17)23-26-18-10-6-7-11-19(18)32-23/h4-11H,3,12-14H2,1-2H3,(H,27,29). The zero-order valence-electron chi connectivity index (χ0n) is 18.4. The highest BCUT2D eigenvalue weighted by molar-refractivity contribution is 7.23. The van der Waals surface area contributed by atoms with E-state index in [9.17, 15) is 9.59 Å². The first-order valence-corrected chi connectivity index (χ1v) is 12.5. The molecule has 1 aliphatic rings. The predicted molar refractivity (Wildman–Crippen MR) is 133 cm³/mol. The van der Waals surface area contributed by atoms with E-state index in [1.807, 2.05) is 56.3 Å². The number of nitrogens with zero attached hydrogens (tertiary/aromatic N) is 2. The Labute approximate surface area is 199 Å². The van der Waals surface area contributed by atoms with E-state index < -0.39 is 0 Å². The van der Waals surface area contributed by atoms with Gasteiger partial charge in [-0.2, -0.15) is 0 Å². The van der Waals surface area contributed by atoms with Gasteiger partial charge >= 0.3 is 6.09 Å². The van der Waals surface area contributed by atoms with E-state index >= 15 is 0 Å². The molecule has 0 spiro atoms. The van der Waals surface area contributed by atoms with Crippen LogP contribution in [-0.4, -0.2) is 35.0 Å². The van der Waals surface area contributed by atoms with Crippen LogP contribution < -0.4 is 5.32 Å². The Morgan fingerprint density at radius 2 is 1.91 bits per heavy atom. The number of fused-ring (bicyclic) bond motifs is 2. The van der Waals surface area contributed by atoms with Crippen LogP contribution >= 0.6 is 22.7 Å². The summed E-state index contributed by atoms with van der Waals surface area (Å²) in [6, 6.07) is 15.6. The van der Waals surface area contributed by atoms with Crippen molar-refractivity contribution in [3.05, 3.63) is 70.1 Å². The first-order chi connectivity index (χ1) is 16.0. The Balaban J connectivity index is 1.56. The van der Waals surface area contributed by atoms with E-state index in [1.165, 1.54) is 11.3 Å². The average Bonchev–Trinajstić information content (AvgIpc) is 3.39. The van der Waals surface area contributed by atoms with Crippen molar-refractivity contribution in [3.63, 3.8) is 0 Å². The molecule has 0 saturated heterocycles. The van der Waals surface area contributed by atoms with Crippen LogP contribution in [0.3, 0.4) is 0 Å². The number of thiophene rings is 1. The molecule has 2 aromatic heterocycles. The number of para-hydroxylation sites is 1. The van der Waals surface area contributed by atoms with Crippen LogP contribution in [0.2, 0.25) is 0 Å². The summed E-state index contributed by atoms with van der Waals surface area (Å²) in [7, 11) is 0. The molecule has 2 aromatic carbocycles. The maximum absolute atomic E-state index is 13.2. The molecule has 0 saturated carbocycles. The van der Waals surface area contributed by atoms with Crippen LogP contribution in [0.1, 0.15) is 33.3 Å². The van der Waals surface area contributed by atoms with Crippen LogP contribution in [0.5, 0.6) is 0 Å². The lowest BCUT2D eigenvalue weighted by molar-refractivity contribution is 0.102. The fourth-order valence-electron chi connectivity index (χ4n) is 4.07. The largest absolute Gasteiger partial charge is 0.450 e. The van der Waals surface area contributed by atoms with Crippen LogP contribution in [0.25, 0.3) is 20.8 Å². The smallest absolute Gasteiger partial charge is 0.410 e. The molecule has 4 aromatic rings. The second-order valence-electron chi connectivity index (χ2n) is 7.83. The monoisotopic (exact) mass is 477 g/mol. The Bertz CT molecular complexity index is 1330. The van der Waals surface area contributed by atoms with Crippen molar-refractivity contribution in [2.24, 2.45) is 0 Å². The first-order valence-electron chi connectivity index (χ1n) is 10.8. The molecule has 0 bridgehead atoms. The number of carbonyl (C=O) groups excluding carboxylic acids is 2. The Morgan fingerprint density at radius 3 is 2.70 bits per heavy atom. The van der Waals surface area contributed by atoms with Crippen molar-refractivity contribution in [2.75, 3.05) is 18.5 Å². The van der Waals surface area contributed by atoms with Crippen molar-refractivity contribution >= 4 is 49.9 Å². The normalized spacial score (nSPS) is 13.1. The molecule has 5 rings (SSSR count). The lowest BCUT2D eigenvalue weighted by Crippen LogP contribution is -2.35.